The summed E-state index contributed by atoms with van der Waals surface area (Å²) in [6.07, 6.45) is 1.73. The number of benzene rings is 3. The molecular weight excluding hydrogens is 518 g/mol. The molecule has 2 aliphatic heterocycles. The number of fused-ring (bicyclic) bond motifs is 2. The van der Waals surface area contributed by atoms with Gasteiger partial charge in [0.25, 0.3) is 0 Å². The van der Waals surface area contributed by atoms with E-state index in [1.165, 1.54) is 5.56 Å². The molecule has 1 amide bonds. The second kappa shape index (κ2) is 12.2. The van der Waals surface area contributed by atoms with E-state index in [9.17, 15) is 9.59 Å². The Hall–Kier alpha value is -4.08. The van der Waals surface area contributed by atoms with Gasteiger partial charge in [0.05, 0.1) is 17.3 Å². The maximum atomic E-state index is 12.5. The summed E-state index contributed by atoms with van der Waals surface area (Å²) in [5.74, 6) is 0.638. The van der Waals surface area contributed by atoms with Crippen molar-refractivity contribution in [1.82, 2.24) is 15.5 Å². The van der Waals surface area contributed by atoms with E-state index in [1.807, 2.05) is 36.4 Å². The molecule has 9 nitrogen and oxygen atoms in total. The Morgan fingerprint density at radius 2 is 1.92 bits per heavy atom. The number of hydrogen-bond acceptors (Lipinski definition) is 8. The summed E-state index contributed by atoms with van der Waals surface area (Å²) in [7, 11) is 0. The van der Waals surface area contributed by atoms with Crippen LogP contribution in [0.5, 0.6) is 11.5 Å². The molecule has 5 rings (SSSR count). The number of nitrogens with zero attached hydrogens (tertiary/aromatic N) is 2. The normalized spacial score (nSPS) is 16.0. The monoisotopic (exact) mass is 547 g/mol. The molecule has 2 aliphatic rings. The van der Waals surface area contributed by atoms with E-state index in [-0.39, 0.29) is 24.6 Å². The molecule has 0 aromatic heterocycles. The zero-order valence-corrected chi connectivity index (χ0v) is 22.1. The molecule has 1 unspecified atom stereocenters. The Kier molecular flexibility index (Phi) is 8.29. The van der Waals surface area contributed by atoms with Crippen molar-refractivity contribution < 1.29 is 19.1 Å². The van der Waals surface area contributed by atoms with Crippen molar-refractivity contribution in [3.8, 4) is 11.5 Å². The lowest BCUT2D eigenvalue weighted by atomic mass is 9.98. The highest BCUT2D eigenvalue weighted by Crippen LogP contribution is 2.30. The van der Waals surface area contributed by atoms with Gasteiger partial charge in [0.15, 0.2) is 5.96 Å². The first-order valence-electron chi connectivity index (χ1n) is 12.9. The Morgan fingerprint density at radius 3 is 2.79 bits per heavy atom. The van der Waals surface area contributed by atoms with E-state index in [4.69, 9.17) is 26.8 Å². The van der Waals surface area contributed by atoms with Crippen LogP contribution in [0.15, 0.2) is 71.7 Å². The number of carbonyl (C=O) groups excluding carboxylic acids is 2. The number of guanidine groups is 1. The number of para-hydroxylation sites is 1. The molecule has 202 valence electrons. The van der Waals surface area contributed by atoms with Gasteiger partial charge in [-0.05, 0) is 47.7 Å². The lowest BCUT2D eigenvalue weighted by Crippen LogP contribution is -2.42. The van der Waals surface area contributed by atoms with Crippen LogP contribution in [-0.2, 0) is 22.6 Å². The second-order valence-corrected chi connectivity index (χ2v) is 9.78. The number of nitrogens with one attached hydrogen (secondary N) is 2. The first-order chi connectivity index (χ1) is 19.0. The second-order valence-electron chi connectivity index (χ2n) is 9.38. The largest absolute Gasteiger partial charge is 0.494 e. The number of carbonyl (C=O) groups is 2. The van der Waals surface area contributed by atoms with Crippen LogP contribution >= 0.6 is 11.6 Å². The molecule has 10 heteroatoms. The van der Waals surface area contributed by atoms with Gasteiger partial charge in [-0.3, -0.25) is 10.1 Å². The highest BCUT2D eigenvalue weighted by Gasteiger charge is 2.23. The predicted molar refractivity (Wildman–Crippen MR) is 149 cm³/mol. The maximum absolute atomic E-state index is 12.5. The SMILES string of the molecule is NC1=Nc2cc(OCCCC(=O)NC3NCCc4ccccc43)ccc2CN1CC(=O)Oc1ccccc1Cl. The van der Waals surface area contributed by atoms with E-state index in [0.29, 0.717) is 48.2 Å². The van der Waals surface area contributed by atoms with Crippen molar-refractivity contribution in [2.45, 2.75) is 32.0 Å². The van der Waals surface area contributed by atoms with Gasteiger partial charge < -0.3 is 25.4 Å². The Balaban J connectivity index is 1.08. The minimum absolute atomic E-state index is 0.0243. The lowest BCUT2D eigenvalue weighted by molar-refractivity contribution is -0.134. The number of amides is 1. The van der Waals surface area contributed by atoms with Gasteiger partial charge in [-0.2, -0.15) is 0 Å². The lowest BCUT2D eigenvalue weighted by Gasteiger charge is -2.27. The van der Waals surface area contributed by atoms with Crippen molar-refractivity contribution >= 4 is 35.1 Å². The van der Waals surface area contributed by atoms with Crippen LogP contribution in [-0.4, -0.2) is 42.4 Å². The van der Waals surface area contributed by atoms with Crippen molar-refractivity contribution in [3.63, 3.8) is 0 Å². The number of rotatable bonds is 9. The summed E-state index contributed by atoms with van der Waals surface area (Å²) in [5.41, 5.74) is 10.1. The zero-order chi connectivity index (χ0) is 27.2. The van der Waals surface area contributed by atoms with E-state index in [2.05, 4.69) is 21.7 Å². The molecule has 4 N–H and O–H groups in total. The smallest absolute Gasteiger partial charge is 0.331 e. The van der Waals surface area contributed by atoms with E-state index in [0.717, 1.165) is 24.1 Å². The standard InChI is InChI=1S/C29H30ClN5O4/c30-23-8-3-4-9-25(23)39-27(37)18-35-17-20-11-12-21(16-24(20)33-29(35)31)38-15-5-10-26(36)34-28-22-7-2-1-6-19(22)13-14-32-28/h1-4,6-9,11-12,16,28,32H,5,10,13-15,17-18H2,(H2,31,33)(H,34,36). The van der Waals surface area contributed by atoms with Gasteiger partial charge in [0.2, 0.25) is 5.91 Å². The summed E-state index contributed by atoms with van der Waals surface area (Å²) >= 11 is 6.07. The molecule has 0 aliphatic carbocycles. The first-order valence-corrected chi connectivity index (χ1v) is 13.2. The third kappa shape index (κ3) is 6.68. The molecule has 2 heterocycles. The van der Waals surface area contributed by atoms with Gasteiger partial charge in [-0.15, -0.1) is 0 Å². The summed E-state index contributed by atoms with van der Waals surface area (Å²) in [6, 6.07) is 20.5. The molecule has 0 radical (unpaired) electrons. The van der Waals surface area contributed by atoms with Crippen molar-refractivity contribution in [1.29, 1.82) is 0 Å². The summed E-state index contributed by atoms with van der Waals surface area (Å²) < 4.78 is 11.2. The van der Waals surface area contributed by atoms with Gasteiger partial charge in [-0.1, -0.05) is 54.1 Å². The van der Waals surface area contributed by atoms with Crippen molar-refractivity contribution in [2.24, 2.45) is 10.7 Å². The summed E-state index contributed by atoms with van der Waals surface area (Å²) in [5, 5.41) is 6.79. The van der Waals surface area contributed by atoms with E-state index in [1.54, 1.807) is 29.2 Å². The fourth-order valence-electron chi connectivity index (χ4n) is 4.62. The number of nitrogens with two attached hydrogens (primary N) is 1. The number of ether oxygens (including phenoxy) is 2. The molecule has 39 heavy (non-hydrogen) atoms. The molecule has 1 atom stereocenters. The molecule has 0 spiro atoms. The highest BCUT2D eigenvalue weighted by molar-refractivity contribution is 6.32. The third-order valence-corrected chi connectivity index (χ3v) is 6.90. The van der Waals surface area contributed by atoms with Gasteiger partial charge in [-0.25, -0.2) is 9.79 Å². The summed E-state index contributed by atoms with van der Waals surface area (Å²) in [6.45, 7) is 1.56. The maximum Gasteiger partial charge on any atom is 0.331 e. The van der Waals surface area contributed by atoms with Crippen molar-refractivity contribution in [2.75, 3.05) is 19.7 Å². The highest BCUT2D eigenvalue weighted by atomic mass is 35.5. The van der Waals surface area contributed by atoms with Crippen LogP contribution in [0.3, 0.4) is 0 Å². The van der Waals surface area contributed by atoms with E-state index < -0.39 is 5.97 Å². The fraction of sp³-hybridized carbons (Fsp3) is 0.276. The minimum Gasteiger partial charge on any atom is -0.494 e. The van der Waals surface area contributed by atoms with Crippen LogP contribution < -0.4 is 25.8 Å². The molecule has 0 saturated heterocycles. The Labute approximate surface area is 231 Å². The van der Waals surface area contributed by atoms with Gasteiger partial charge in [0.1, 0.15) is 24.2 Å². The molecule has 0 fully saturated rings. The average molecular weight is 548 g/mol. The fourth-order valence-corrected chi connectivity index (χ4v) is 4.79. The Morgan fingerprint density at radius 1 is 1.10 bits per heavy atom. The molecule has 3 aromatic rings. The van der Waals surface area contributed by atoms with Crippen LogP contribution in [0.25, 0.3) is 0 Å². The third-order valence-electron chi connectivity index (χ3n) is 6.59. The molecule has 3 aromatic carbocycles. The predicted octanol–water partition coefficient (Wildman–Crippen LogP) is 3.83. The quantitative estimate of drug-likeness (QED) is 0.212. The molecule has 0 bridgehead atoms. The van der Waals surface area contributed by atoms with Gasteiger partial charge >= 0.3 is 5.97 Å². The van der Waals surface area contributed by atoms with Crippen LogP contribution in [0.4, 0.5) is 5.69 Å². The minimum atomic E-state index is -0.489. The van der Waals surface area contributed by atoms with E-state index >= 15 is 0 Å². The number of aliphatic imine (C=N–C) groups is 1. The molecular formula is C29H30ClN5O4. The number of halogens is 1. The zero-order valence-electron chi connectivity index (χ0n) is 21.4. The van der Waals surface area contributed by atoms with Crippen molar-refractivity contribution in [3.05, 3.63) is 88.4 Å². The van der Waals surface area contributed by atoms with Crippen LogP contribution in [0, 0.1) is 0 Å². The number of esters is 1. The van der Waals surface area contributed by atoms with Crippen LogP contribution in [0.2, 0.25) is 5.02 Å². The number of hydrogen-bond donors (Lipinski definition) is 3. The topological polar surface area (TPSA) is 118 Å². The van der Waals surface area contributed by atoms with Crippen LogP contribution in [0.1, 0.15) is 35.7 Å². The van der Waals surface area contributed by atoms with Gasteiger partial charge in [0, 0.05) is 25.6 Å². The average Bonchev–Trinajstić information content (AvgIpc) is 2.93. The molecule has 0 saturated carbocycles. The first kappa shape index (κ1) is 26.5. The Bertz CT molecular complexity index is 1400. The summed E-state index contributed by atoms with van der Waals surface area (Å²) in [4.78, 5) is 31.0.